The summed E-state index contributed by atoms with van der Waals surface area (Å²) in [4.78, 5) is 16.0. The Morgan fingerprint density at radius 1 is 1.42 bits per heavy atom. The van der Waals surface area contributed by atoms with Gasteiger partial charge in [0.25, 0.3) is 5.91 Å². The summed E-state index contributed by atoms with van der Waals surface area (Å²) in [5.74, 6) is -0.0983. The van der Waals surface area contributed by atoms with Gasteiger partial charge in [-0.1, -0.05) is 0 Å². The number of rotatable bonds is 3. The third-order valence-electron chi connectivity index (χ3n) is 2.30. The van der Waals surface area contributed by atoms with E-state index in [4.69, 9.17) is 5.73 Å². The van der Waals surface area contributed by atoms with Crippen LogP contribution in [0.3, 0.4) is 0 Å². The SMILES string of the molecule is CC(C)(N)CNC(=O)c1ccc2ncsc2c1.Cl.Cl. The van der Waals surface area contributed by atoms with E-state index in [2.05, 4.69) is 10.3 Å². The summed E-state index contributed by atoms with van der Waals surface area (Å²) in [5.41, 5.74) is 8.75. The number of nitrogens with one attached hydrogen (secondary N) is 1. The van der Waals surface area contributed by atoms with E-state index in [0.29, 0.717) is 12.1 Å². The van der Waals surface area contributed by atoms with Gasteiger partial charge in [0.15, 0.2) is 0 Å². The van der Waals surface area contributed by atoms with Gasteiger partial charge in [0.1, 0.15) is 0 Å². The number of amides is 1. The molecular weight excluding hydrogens is 305 g/mol. The molecule has 2 rings (SSSR count). The van der Waals surface area contributed by atoms with Gasteiger partial charge in [0.05, 0.1) is 15.7 Å². The molecule has 0 unspecified atom stereocenters. The molecule has 106 valence electrons. The molecule has 0 saturated carbocycles. The van der Waals surface area contributed by atoms with E-state index in [1.807, 2.05) is 26.0 Å². The van der Waals surface area contributed by atoms with Crippen molar-refractivity contribution in [1.82, 2.24) is 10.3 Å². The molecule has 0 fully saturated rings. The topological polar surface area (TPSA) is 68.0 Å². The minimum Gasteiger partial charge on any atom is -0.350 e. The summed E-state index contributed by atoms with van der Waals surface area (Å²) < 4.78 is 1.02. The highest BCUT2D eigenvalue weighted by Crippen LogP contribution is 2.18. The molecule has 4 nitrogen and oxygen atoms in total. The number of hydrogen-bond donors (Lipinski definition) is 2. The van der Waals surface area contributed by atoms with Crippen LogP contribution in [0.2, 0.25) is 0 Å². The summed E-state index contributed by atoms with van der Waals surface area (Å²) in [6.07, 6.45) is 0. The van der Waals surface area contributed by atoms with Gasteiger partial charge in [-0.2, -0.15) is 0 Å². The van der Waals surface area contributed by atoms with E-state index in [1.54, 1.807) is 11.6 Å². The fourth-order valence-corrected chi connectivity index (χ4v) is 2.12. The maximum absolute atomic E-state index is 11.9. The molecule has 0 spiro atoms. The molecule has 0 saturated heterocycles. The van der Waals surface area contributed by atoms with Gasteiger partial charge in [-0.25, -0.2) is 4.98 Å². The van der Waals surface area contributed by atoms with Crippen LogP contribution in [0.25, 0.3) is 10.2 Å². The van der Waals surface area contributed by atoms with E-state index >= 15 is 0 Å². The maximum Gasteiger partial charge on any atom is 0.251 e. The van der Waals surface area contributed by atoms with Gasteiger partial charge < -0.3 is 11.1 Å². The van der Waals surface area contributed by atoms with Gasteiger partial charge in [-0.15, -0.1) is 36.2 Å². The van der Waals surface area contributed by atoms with Gasteiger partial charge in [-0.05, 0) is 32.0 Å². The zero-order valence-corrected chi connectivity index (χ0v) is 13.1. The zero-order chi connectivity index (χ0) is 12.5. The van der Waals surface area contributed by atoms with Gasteiger partial charge in [0, 0.05) is 17.6 Å². The number of nitrogens with two attached hydrogens (primary N) is 1. The molecule has 0 aliphatic rings. The minimum absolute atomic E-state index is 0. The van der Waals surface area contributed by atoms with Gasteiger partial charge in [0.2, 0.25) is 0 Å². The predicted molar refractivity (Wildman–Crippen MR) is 84.7 cm³/mol. The Morgan fingerprint density at radius 2 is 2.11 bits per heavy atom. The predicted octanol–water partition coefficient (Wildman–Crippen LogP) is 2.61. The van der Waals surface area contributed by atoms with E-state index in [-0.39, 0.29) is 30.7 Å². The molecule has 1 heterocycles. The molecule has 0 aliphatic heterocycles. The molecule has 2 aromatic rings. The third kappa shape index (κ3) is 4.95. The number of benzene rings is 1. The van der Waals surface area contributed by atoms with E-state index in [9.17, 15) is 4.79 Å². The number of carbonyl (C=O) groups is 1. The highest BCUT2D eigenvalue weighted by atomic mass is 35.5. The number of fused-ring (bicyclic) bond motifs is 1. The van der Waals surface area contributed by atoms with Crippen LogP contribution in [0.4, 0.5) is 0 Å². The van der Waals surface area contributed by atoms with Crippen LogP contribution in [0.15, 0.2) is 23.7 Å². The largest absolute Gasteiger partial charge is 0.350 e. The minimum atomic E-state index is -0.399. The first-order chi connectivity index (χ1) is 7.96. The molecule has 3 N–H and O–H groups in total. The molecule has 1 aromatic carbocycles. The van der Waals surface area contributed by atoms with E-state index < -0.39 is 5.54 Å². The second kappa shape index (κ2) is 7.05. The first-order valence-electron chi connectivity index (χ1n) is 5.36. The Morgan fingerprint density at radius 3 is 2.74 bits per heavy atom. The molecule has 0 aliphatic carbocycles. The first kappa shape index (κ1) is 18.1. The molecule has 0 bridgehead atoms. The monoisotopic (exact) mass is 321 g/mol. The quantitative estimate of drug-likeness (QED) is 0.913. The summed E-state index contributed by atoms with van der Waals surface area (Å²) >= 11 is 1.53. The Balaban J connectivity index is 0.00000162. The average molecular weight is 322 g/mol. The van der Waals surface area contributed by atoms with Crippen molar-refractivity contribution in [3.05, 3.63) is 29.3 Å². The van der Waals surface area contributed by atoms with Crippen LogP contribution >= 0.6 is 36.2 Å². The molecule has 7 heteroatoms. The van der Waals surface area contributed by atoms with Crippen molar-refractivity contribution in [1.29, 1.82) is 0 Å². The van der Waals surface area contributed by atoms with Crippen LogP contribution < -0.4 is 11.1 Å². The second-order valence-electron chi connectivity index (χ2n) is 4.71. The molecule has 1 aromatic heterocycles. The molecule has 19 heavy (non-hydrogen) atoms. The van der Waals surface area contributed by atoms with E-state index in [0.717, 1.165) is 10.2 Å². The summed E-state index contributed by atoms with van der Waals surface area (Å²) in [7, 11) is 0. The fourth-order valence-electron chi connectivity index (χ4n) is 1.41. The number of carbonyl (C=O) groups excluding carboxylic acids is 1. The molecular formula is C12H17Cl2N3OS. The van der Waals surface area contributed by atoms with Crippen molar-refractivity contribution in [2.24, 2.45) is 5.73 Å². The van der Waals surface area contributed by atoms with Crippen LogP contribution in [-0.2, 0) is 0 Å². The van der Waals surface area contributed by atoms with Crippen molar-refractivity contribution in [2.75, 3.05) is 6.54 Å². The summed E-state index contributed by atoms with van der Waals surface area (Å²) in [5, 5.41) is 2.82. The normalized spacial score (nSPS) is 10.5. The summed E-state index contributed by atoms with van der Waals surface area (Å²) in [6, 6.07) is 5.49. The average Bonchev–Trinajstić information content (AvgIpc) is 2.71. The molecule has 0 atom stereocenters. The number of nitrogens with zero attached hydrogens (tertiary/aromatic N) is 1. The van der Waals surface area contributed by atoms with Crippen LogP contribution in [0.5, 0.6) is 0 Å². The zero-order valence-electron chi connectivity index (χ0n) is 10.7. The van der Waals surface area contributed by atoms with Crippen LogP contribution in [-0.4, -0.2) is 23.0 Å². The number of hydrogen-bond acceptors (Lipinski definition) is 4. The summed E-state index contributed by atoms with van der Waals surface area (Å²) in [6.45, 7) is 4.20. The lowest BCUT2D eigenvalue weighted by molar-refractivity contribution is 0.0946. The Bertz CT molecular complexity index is 551. The van der Waals surface area contributed by atoms with Crippen molar-refractivity contribution in [3.8, 4) is 0 Å². The fraction of sp³-hybridized carbons (Fsp3) is 0.333. The number of thiazole rings is 1. The highest BCUT2D eigenvalue weighted by Gasteiger charge is 2.13. The number of halogens is 2. The van der Waals surface area contributed by atoms with Crippen LogP contribution in [0.1, 0.15) is 24.2 Å². The Kier molecular flexibility index (Phi) is 6.72. The third-order valence-corrected chi connectivity index (χ3v) is 3.09. The van der Waals surface area contributed by atoms with Crippen molar-refractivity contribution < 1.29 is 4.79 Å². The molecule has 0 radical (unpaired) electrons. The Hall–Kier alpha value is -0.880. The van der Waals surface area contributed by atoms with E-state index in [1.165, 1.54) is 11.3 Å². The Labute approximate surface area is 128 Å². The smallest absolute Gasteiger partial charge is 0.251 e. The van der Waals surface area contributed by atoms with Gasteiger partial charge in [-0.3, -0.25) is 4.79 Å². The van der Waals surface area contributed by atoms with Crippen LogP contribution in [0, 0.1) is 0 Å². The lowest BCUT2D eigenvalue weighted by atomic mass is 10.1. The van der Waals surface area contributed by atoms with Gasteiger partial charge >= 0.3 is 0 Å². The standard InChI is InChI=1S/C12H15N3OS.2ClH/c1-12(2,13)6-14-11(16)8-3-4-9-10(5-8)17-7-15-9;;/h3-5,7H,6,13H2,1-2H3,(H,14,16);2*1H. The molecule has 1 amide bonds. The van der Waals surface area contributed by atoms with Crippen molar-refractivity contribution in [3.63, 3.8) is 0 Å². The lowest BCUT2D eigenvalue weighted by Gasteiger charge is -2.18. The lowest BCUT2D eigenvalue weighted by Crippen LogP contribution is -2.45. The van der Waals surface area contributed by atoms with Crippen molar-refractivity contribution in [2.45, 2.75) is 19.4 Å². The maximum atomic E-state index is 11.9. The highest BCUT2D eigenvalue weighted by molar-refractivity contribution is 7.16. The second-order valence-corrected chi connectivity index (χ2v) is 5.59. The number of aromatic nitrogens is 1. The first-order valence-corrected chi connectivity index (χ1v) is 6.24. The van der Waals surface area contributed by atoms with Crippen molar-refractivity contribution >= 4 is 52.3 Å².